The van der Waals surface area contributed by atoms with E-state index in [9.17, 15) is 4.79 Å². The highest BCUT2D eigenvalue weighted by atomic mass is 32.1. The molecule has 1 unspecified atom stereocenters. The molecule has 3 nitrogen and oxygen atoms in total. The summed E-state index contributed by atoms with van der Waals surface area (Å²) in [6.07, 6.45) is 0. The van der Waals surface area contributed by atoms with Gasteiger partial charge in [0.15, 0.2) is 0 Å². The van der Waals surface area contributed by atoms with E-state index in [2.05, 4.69) is 42.0 Å². The van der Waals surface area contributed by atoms with E-state index < -0.39 is 0 Å². The van der Waals surface area contributed by atoms with Crippen LogP contribution in [-0.4, -0.2) is 19.0 Å². The van der Waals surface area contributed by atoms with E-state index in [1.165, 1.54) is 4.88 Å². The second kappa shape index (κ2) is 5.53. The van der Waals surface area contributed by atoms with Crippen LogP contribution in [0.3, 0.4) is 0 Å². The number of hydrogen-bond donors (Lipinski definition) is 2. The van der Waals surface area contributed by atoms with Gasteiger partial charge in [0.1, 0.15) is 0 Å². The van der Waals surface area contributed by atoms with E-state index in [1.54, 1.807) is 11.3 Å². The van der Waals surface area contributed by atoms with Crippen LogP contribution in [0.25, 0.3) is 0 Å². The molecule has 1 atom stereocenters. The lowest BCUT2D eigenvalue weighted by Gasteiger charge is -2.24. The summed E-state index contributed by atoms with van der Waals surface area (Å²) in [6.45, 7) is 5.68. The van der Waals surface area contributed by atoms with Gasteiger partial charge in [-0.1, -0.05) is 38.1 Å². The predicted molar refractivity (Wildman–Crippen MR) is 88.0 cm³/mol. The third-order valence-corrected chi connectivity index (χ3v) is 5.28. The Labute approximate surface area is 129 Å². The summed E-state index contributed by atoms with van der Waals surface area (Å²) in [5.74, 6) is 0.0254. The Morgan fingerprint density at radius 3 is 2.90 bits per heavy atom. The number of anilines is 1. The van der Waals surface area contributed by atoms with Crippen molar-refractivity contribution in [2.45, 2.75) is 25.2 Å². The zero-order valence-corrected chi connectivity index (χ0v) is 13.2. The summed E-state index contributed by atoms with van der Waals surface area (Å²) < 4.78 is 0. The molecule has 2 N–H and O–H groups in total. The van der Waals surface area contributed by atoms with Crippen LogP contribution < -0.4 is 10.6 Å². The third-order valence-electron chi connectivity index (χ3n) is 4.04. The lowest BCUT2D eigenvalue weighted by molar-refractivity contribution is -0.122. The Hall–Kier alpha value is -1.81. The van der Waals surface area contributed by atoms with Crippen molar-refractivity contribution in [1.29, 1.82) is 0 Å². The second-order valence-corrected chi connectivity index (χ2v) is 7.05. The Kier molecular flexibility index (Phi) is 3.72. The van der Waals surface area contributed by atoms with Gasteiger partial charge in [-0.05, 0) is 23.1 Å². The normalized spacial score (nSPS) is 17.1. The van der Waals surface area contributed by atoms with Crippen molar-refractivity contribution in [2.75, 3.05) is 18.4 Å². The zero-order chi connectivity index (χ0) is 14.9. The first-order valence-corrected chi connectivity index (χ1v) is 8.10. The van der Waals surface area contributed by atoms with Crippen molar-refractivity contribution < 1.29 is 4.79 Å². The van der Waals surface area contributed by atoms with Crippen molar-refractivity contribution in [3.8, 4) is 0 Å². The van der Waals surface area contributed by atoms with Crippen LogP contribution in [0.5, 0.6) is 0 Å². The van der Waals surface area contributed by atoms with Crippen LogP contribution in [0.15, 0.2) is 41.8 Å². The number of rotatable bonds is 4. The molecule has 4 heteroatoms. The Balaban J connectivity index is 1.66. The minimum absolute atomic E-state index is 0.0324. The lowest BCUT2D eigenvalue weighted by Crippen LogP contribution is -2.39. The van der Waals surface area contributed by atoms with Crippen LogP contribution in [-0.2, 0) is 10.2 Å². The number of nitrogens with one attached hydrogen (secondary N) is 2. The highest BCUT2D eigenvalue weighted by Gasteiger charge is 2.30. The van der Waals surface area contributed by atoms with Gasteiger partial charge in [0.05, 0.1) is 5.92 Å². The van der Waals surface area contributed by atoms with Crippen molar-refractivity contribution in [3.63, 3.8) is 0 Å². The molecule has 0 aliphatic carbocycles. The summed E-state index contributed by atoms with van der Waals surface area (Å²) in [5.41, 5.74) is 2.15. The first-order valence-electron chi connectivity index (χ1n) is 7.22. The Morgan fingerprint density at radius 2 is 2.14 bits per heavy atom. The van der Waals surface area contributed by atoms with Gasteiger partial charge in [0, 0.05) is 29.1 Å². The van der Waals surface area contributed by atoms with Gasteiger partial charge in [-0.25, -0.2) is 0 Å². The number of hydrogen-bond acceptors (Lipinski definition) is 3. The van der Waals surface area contributed by atoms with Crippen molar-refractivity contribution in [2.24, 2.45) is 0 Å². The third kappa shape index (κ3) is 2.81. The van der Waals surface area contributed by atoms with E-state index in [0.29, 0.717) is 13.1 Å². The van der Waals surface area contributed by atoms with Crippen LogP contribution in [0, 0.1) is 0 Å². The fourth-order valence-electron chi connectivity index (χ4n) is 2.70. The minimum atomic E-state index is -0.0830. The fraction of sp³-hybridized carbons (Fsp3) is 0.353. The van der Waals surface area contributed by atoms with E-state index in [-0.39, 0.29) is 17.2 Å². The number of para-hydroxylation sites is 1. The summed E-state index contributed by atoms with van der Waals surface area (Å²) in [7, 11) is 0. The maximum absolute atomic E-state index is 12.5. The van der Waals surface area contributed by atoms with E-state index >= 15 is 0 Å². The number of thiophene rings is 1. The lowest BCUT2D eigenvalue weighted by atomic mass is 9.91. The number of carbonyl (C=O) groups excluding carboxylic acids is 1. The molecule has 0 saturated heterocycles. The maximum atomic E-state index is 12.5. The summed E-state index contributed by atoms with van der Waals surface area (Å²) in [4.78, 5) is 13.8. The monoisotopic (exact) mass is 300 g/mol. The van der Waals surface area contributed by atoms with Gasteiger partial charge >= 0.3 is 0 Å². The topological polar surface area (TPSA) is 41.1 Å². The highest BCUT2D eigenvalue weighted by Crippen LogP contribution is 2.31. The second-order valence-electron chi connectivity index (χ2n) is 6.10. The van der Waals surface area contributed by atoms with E-state index in [4.69, 9.17) is 0 Å². The SMILES string of the molecule is CC(C)(CNC(=O)C1CNc2ccccc21)c1cccs1. The van der Waals surface area contributed by atoms with Crippen LogP contribution in [0.1, 0.15) is 30.2 Å². The summed E-state index contributed by atoms with van der Waals surface area (Å²) in [6, 6.07) is 12.2. The summed E-state index contributed by atoms with van der Waals surface area (Å²) >= 11 is 1.74. The molecule has 0 radical (unpaired) electrons. The molecule has 110 valence electrons. The van der Waals surface area contributed by atoms with Crippen LogP contribution >= 0.6 is 11.3 Å². The van der Waals surface area contributed by atoms with Gasteiger partial charge in [-0.15, -0.1) is 11.3 Å². The smallest absolute Gasteiger partial charge is 0.229 e. The fourth-order valence-corrected chi connectivity index (χ4v) is 3.55. The maximum Gasteiger partial charge on any atom is 0.229 e. The number of carbonyl (C=O) groups is 1. The van der Waals surface area contributed by atoms with Gasteiger partial charge in [0.2, 0.25) is 5.91 Å². The average Bonchev–Trinajstić information content (AvgIpc) is 3.14. The summed E-state index contributed by atoms with van der Waals surface area (Å²) in [5, 5.41) is 8.50. The molecule has 0 fully saturated rings. The highest BCUT2D eigenvalue weighted by molar-refractivity contribution is 7.10. The first-order chi connectivity index (χ1) is 10.1. The Bertz CT molecular complexity index is 634. The number of fused-ring (bicyclic) bond motifs is 1. The van der Waals surface area contributed by atoms with Crippen LogP contribution in [0.4, 0.5) is 5.69 Å². The molecule has 0 saturated carbocycles. The van der Waals surface area contributed by atoms with Crippen molar-refractivity contribution >= 4 is 22.9 Å². The molecule has 1 aliphatic rings. The number of amides is 1. The van der Waals surface area contributed by atoms with Crippen molar-refractivity contribution in [1.82, 2.24) is 5.32 Å². The molecule has 2 heterocycles. The van der Waals surface area contributed by atoms with Crippen LogP contribution in [0.2, 0.25) is 0 Å². The predicted octanol–water partition coefficient (Wildman–Crippen LogP) is 3.35. The molecule has 0 spiro atoms. The zero-order valence-electron chi connectivity index (χ0n) is 12.3. The van der Waals surface area contributed by atoms with Gasteiger partial charge in [0.25, 0.3) is 0 Å². The molecule has 1 aromatic carbocycles. The Morgan fingerprint density at radius 1 is 1.33 bits per heavy atom. The minimum Gasteiger partial charge on any atom is -0.384 e. The molecule has 1 aromatic heterocycles. The van der Waals surface area contributed by atoms with E-state index in [0.717, 1.165) is 11.3 Å². The molecule has 1 aliphatic heterocycles. The molecule has 3 rings (SSSR count). The average molecular weight is 300 g/mol. The molecule has 2 aromatic rings. The standard InChI is InChI=1S/C17H20N2OS/c1-17(2,15-8-5-9-21-15)11-19-16(20)13-10-18-14-7-4-3-6-12(13)14/h3-9,13,18H,10-11H2,1-2H3,(H,19,20). The molecule has 0 bridgehead atoms. The van der Waals surface area contributed by atoms with E-state index in [1.807, 2.05) is 24.3 Å². The largest absolute Gasteiger partial charge is 0.384 e. The van der Waals surface area contributed by atoms with Gasteiger partial charge in [-0.3, -0.25) is 4.79 Å². The first kappa shape index (κ1) is 14.1. The quantitative estimate of drug-likeness (QED) is 0.909. The van der Waals surface area contributed by atoms with Gasteiger partial charge in [-0.2, -0.15) is 0 Å². The molecular formula is C17H20N2OS. The number of benzene rings is 1. The molecule has 1 amide bonds. The molecular weight excluding hydrogens is 280 g/mol. The van der Waals surface area contributed by atoms with Gasteiger partial charge < -0.3 is 10.6 Å². The van der Waals surface area contributed by atoms with Crippen molar-refractivity contribution in [3.05, 3.63) is 52.2 Å². The molecule has 21 heavy (non-hydrogen) atoms.